The van der Waals surface area contributed by atoms with Crippen molar-refractivity contribution in [2.45, 2.75) is 12.6 Å². The third-order valence-corrected chi connectivity index (χ3v) is 5.82. The van der Waals surface area contributed by atoms with Gasteiger partial charge in [0.15, 0.2) is 5.75 Å². The number of aromatic nitrogens is 1. The average Bonchev–Trinajstić information content (AvgIpc) is 3.04. The van der Waals surface area contributed by atoms with E-state index >= 15 is 0 Å². The fourth-order valence-corrected chi connectivity index (χ4v) is 4.44. The molecule has 1 aromatic heterocycles. The number of phenols is 1. The number of rotatable bonds is 5. The van der Waals surface area contributed by atoms with Crippen molar-refractivity contribution in [2.75, 3.05) is 7.11 Å². The minimum absolute atomic E-state index is 0.0205. The highest BCUT2D eigenvalue weighted by atomic mass is 35.5. The summed E-state index contributed by atoms with van der Waals surface area (Å²) in [5, 5.41) is 21.4. The molecule has 2 heterocycles. The number of ether oxygens (including phenoxy) is 1. The number of Topliss-reactive ketones (excluding diaryl/α,β-unsaturated/α-hetero) is 1. The van der Waals surface area contributed by atoms with E-state index in [0.717, 1.165) is 0 Å². The van der Waals surface area contributed by atoms with Gasteiger partial charge in [0.05, 0.1) is 41.0 Å². The SMILES string of the molecule is COc1c(Cl)cc(/C(O)=C2\C(=O)C(=O)N(Cc3ccccn3)C2c2cccc(O)c2)cc1Cl. The molecule has 1 amide bonds. The van der Waals surface area contributed by atoms with Gasteiger partial charge in [0.2, 0.25) is 0 Å². The maximum atomic E-state index is 13.1. The van der Waals surface area contributed by atoms with Crippen molar-refractivity contribution in [2.24, 2.45) is 0 Å². The number of aromatic hydroxyl groups is 1. The Bertz CT molecular complexity index is 1250. The maximum absolute atomic E-state index is 13.1. The summed E-state index contributed by atoms with van der Waals surface area (Å²) in [4.78, 5) is 31.7. The van der Waals surface area contributed by atoms with E-state index in [0.29, 0.717) is 11.3 Å². The lowest BCUT2D eigenvalue weighted by Gasteiger charge is -2.25. The molecule has 0 radical (unpaired) electrons. The van der Waals surface area contributed by atoms with Gasteiger partial charge in [0.1, 0.15) is 11.5 Å². The fourth-order valence-electron chi connectivity index (χ4n) is 3.80. The zero-order chi connectivity index (χ0) is 23.7. The minimum atomic E-state index is -0.973. The molecule has 0 aliphatic carbocycles. The zero-order valence-electron chi connectivity index (χ0n) is 17.3. The number of phenolic OH excluding ortho intramolecular Hbond substituents is 1. The third kappa shape index (κ3) is 4.25. The lowest BCUT2D eigenvalue weighted by atomic mass is 9.95. The molecule has 1 aliphatic heterocycles. The second-order valence-electron chi connectivity index (χ2n) is 7.32. The number of likely N-dealkylation sites (tertiary alicyclic amines) is 1. The minimum Gasteiger partial charge on any atom is -0.508 e. The van der Waals surface area contributed by atoms with Crippen molar-refractivity contribution < 1.29 is 24.5 Å². The largest absolute Gasteiger partial charge is 0.508 e. The van der Waals surface area contributed by atoms with E-state index in [1.807, 2.05) is 0 Å². The smallest absolute Gasteiger partial charge is 0.296 e. The van der Waals surface area contributed by atoms with E-state index in [1.54, 1.807) is 36.5 Å². The van der Waals surface area contributed by atoms with Crippen LogP contribution < -0.4 is 4.74 Å². The number of aliphatic hydroxyl groups excluding tert-OH is 1. The predicted octanol–water partition coefficient (Wildman–Crippen LogP) is 4.72. The van der Waals surface area contributed by atoms with Crippen LogP contribution in [0.15, 0.2) is 66.4 Å². The van der Waals surface area contributed by atoms with Crippen LogP contribution in [0, 0.1) is 0 Å². The Hall–Kier alpha value is -3.55. The molecule has 7 nitrogen and oxygen atoms in total. The molecule has 4 rings (SSSR count). The van der Waals surface area contributed by atoms with Crippen molar-refractivity contribution in [3.8, 4) is 11.5 Å². The summed E-state index contributed by atoms with van der Waals surface area (Å²) >= 11 is 12.4. The van der Waals surface area contributed by atoms with Crippen molar-refractivity contribution >= 4 is 40.7 Å². The van der Waals surface area contributed by atoms with Crippen LogP contribution in [-0.4, -0.2) is 38.9 Å². The molecule has 2 aromatic carbocycles. The van der Waals surface area contributed by atoms with E-state index in [2.05, 4.69) is 4.98 Å². The van der Waals surface area contributed by atoms with Crippen LogP contribution in [0.2, 0.25) is 10.0 Å². The van der Waals surface area contributed by atoms with Crippen molar-refractivity contribution in [3.05, 3.63) is 93.2 Å². The standard InChI is InChI=1S/C24H18Cl2N2O5/c1-33-23-17(25)10-14(11-18(23)26)21(30)19-20(13-5-4-7-16(29)9-13)28(24(32)22(19)31)12-15-6-2-3-8-27-15/h2-11,20,29-30H,12H2,1H3/b21-19+. The van der Waals surface area contributed by atoms with Crippen LogP contribution in [0.1, 0.15) is 22.9 Å². The summed E-state index contributed by atoms with van der Waals surface area (Å²) in [6, 6.07) is 13.2. The van der Waals surface area contributed by atoms with Gasteiger partial charge in [0, 0.05) is 11.8 Å². The van der Waals surface area contributed by atoms with Crippen LogP contribution in [0.3, 0.4) is 0 Å². The quantitative estimate of drug-likeness (QED) is 0.308. The van der Waals surface area contributed by atoms with Gasteiger partial charge in [-0.3, -0.25) is 14.6 Å². The Morgan fingerprint density at radius 3 is 2.42 bits per heavy atom. The molecule has 1 unspecified atom stereocenters. The molecule has 9 heteroatoms. The molecule has 0 spiro atoms. The first kappa shape index (κ1) is 22.6. The molecular weight excluding hydrogens is 467 g/mol. The Labute approximate surface area is 199 Å². The summed E-state index contributed by atoms with van der Waals surface area (Å²) in [6.45, 7) is 0.0205. The molecule has 2 N–H and O–H groups in total. The number of benzene rings is 2. The number of ketones is 1. The molecule has 1 aliphatic rings. The van der Waals surface area contributed by atoms with Gasteiger partial charge in [-0.25, -0.2) is 0 Å². The van der Waals surface area contributed by atoms with Crippen LogP contribution in [0.5, 0.6) is 11.5 Å². The van der Waals surface area contributed by atoms with Gasteiger partial charge in [-0.05, 0) is 42.0 Å². The molecule has 0 bridgehead atoms. The molecule has 33 heavy (non-hydrogen) atoms. The topological polar surface area (TPSA) is 100.0 Å². The third-order valence-electron chi connectivity index (χ3n) is 5.26. The van der Waals surface area contributed by atoms with E-state index in [1.165, 1.54) is 36.3 Å². The van der Waals surface area contributed by atoms with Crippen molar-refractivity contribution in [3.63, 3.8) is 0 Å². The maximum Gasteiger partial charge on any atom is 0.296 e. The van der Waals surface area contributed by atoms with E-state index in [9.17, 15) is 19.8 Å². The van der Waals surface area contributed by atoms with Gasteiger partial charge in [-0.1, -0.05) is 41.4 Å². The Morgan fingerprint density at radius 1 is 1.09 bits per heavy atom. The van der Waals surface area contributed by atoms with Crippen molar-refractivity contribution in [1.82, 2.24) is 9.88 Å². The number of nitrogens with zero attached hydrogens (tertiary/aromatic N) is 2. The Morgan fingerprint density at radius 2 is 1.82 bits per heavy atom. The van der Waals surface area contributed by atoms with Gasteiger partial charge in [-0.2, -0.15) is 0 Å². The lowest BCUT2D eigenvalue weighted by molar-refractivity contribution is -0.140. The highest BCUT2D eigenvalue weighted by Crippen LogP contribution is 2.42. The molecule has 1 atom stereocenters. The highest BCUT2D eigenvalue weighted by molar-refractivity contribution is 6.46. The monoisotopic (exact) mass is 484 g/mol. The summed E-state index contributed by atoms with van der Waals surface area (Å²) in [5.74, 6) is -1.96. The van der Waals surface area contributed by atoms with Crippen molar-refractivity contribution in [1.29, 1.82) is 0 Å². The first-order chi connectivity index (χ1) is 15.8. The van der Waals surface area contributed by atoms with Crippen LogP contribution in [0.25, 0.3) is 5.76 Å². The molecule has 1 fully saturated rings. The van der Waals surface area contributed by atoms with E-state index in [-0.39, 0.29) is 39.2 Å². The Balaban J connectivity index is 1.90. The highest BCUT2D eigenvalue weighted by Gasteiger charge is 2.46. The number of hydrogen-bond acceptors (Lipinski definition) is 6. The molecule has 168 valence electrons. The number of aliphatic hydroxyl groups is 1. The number of hydrogen-bond donors (Lipinski definition) is 2. The lowest BCUT2D eigenvalue weighted by Crippen LogP contribution is -2.29. The Kier molecular flexibility index (Phi) is 6.26. The summed E-state index contributed by atoms with van der Waals surface area (Å²) in [5.41, 5.74) is 0.989. The normalized spacial score (nSPS) is 17.4. The second-order valence-corrected chi connectivity index (χ2v) is 8.13. The van der Waals surface area contributed by atoms with Crippen LogP contribution in [0.4, 0.5) is 0 Å². The number of carbonyl (C=O) groups is 2. The first-order valence-corrected chi connectivity index (χ1v) is 10.6. The summed E-state index contributed by atoms with van der Waals surface area (Å²) < 4.78 is 5.14. The van der Waals surface area contributed by atoms with Crippen LogP contribution >= 0.6 is 23.2 Å². The van der Waals surface area contributed by atoms with Gasteiger partial charge < -0.3 is 19.8 Å². The number of methoxy groups -OCH3 is 1. The summed E-state index contributed by atoms with van der Waals surface area (Å²) in [7, 11) is 1.40. The number of carbonyl (C=O) groups excluding carboxylic acids is 2. The number of halogens is 2. The fraction of sp³-hybridized carbons (Fsp3) is 0.125. The second kappa shape index (κ2) is 9.13. The zero-order valence-corrected chi connectivity index (χ0v) is 18.8. The van der Waals surface area contributed by atoms with Gasteiger partial charge in [0.25, 0.3) is 11.7 Å². The first-order valence-electron chi connectivity index (χ1n) is 9.82. The van der Waals surface area contributed by atoms with Gasteiger partial charge in [-0.15, -0.1) is 0 Å². The number of amides is 1. The summed E-state index contributed by atoms with van der Waals surface area (Å²) in [6.07, 6.45) is 1.58. The number of pyridine rings is 1. The molecule has 3 aromatic rings. The predicted molar refractivity (Wildman–Crippen MR) is 123 cm³/mol. The van der Waals surface area contributed by atoms with Gasteiger partial charge >= 0.3 is 0 Å². The van der Waals surface area contributed by atoms with E-state index < -0.39 is 23.5 Å². The molecule has 0 saturated carbocycles. The molecular formula is C24H18Cl2N2O5. The molecule has 1 saturated heterocycles. The van der Waals surface area contributed by atoms with E-state index in [4.69, 9.17) is 27.9 Å². The van der Waals surface area contributed by atoms with Crippen LogP contribution in [-0.2, 0) is 16.1 Å². The average molecular weight is 485 g/mol.